The Morgan fingerprint density at radius 2 is 2.38 bits per heavy atom. The van der Waals surface area contributed by atoms with Gasteiger partial charge in [-0.1, -0.05) is 18.5 Å². The van der Waals surface area contributed by atoms with Gasteiger partial charge < -0.3 is 5.32 Å². The lowest BCUT2D eigenvalue weighted by molar-refractivity contribution is 0.777. The quantitative estimate of drug-likeness (QED) is 0.619. The number of hydrogen-bond acceptors (Lipinski definition) is 1. The van der Waals surface area contributed by atoms with Crippen molar-refractivity contribution in [3.8, 4) is 0 Å². The molecule has 0 amide bonds. The number of rotatable bonds is 3. The maximum Gasteiger partial charge on any atom is 0.0173 e. The van der Waals surface area contributed by atoms with E-state index < -0.39 is 0 Å². The van der Waals surface area contributed by atoms with Gasteiger partial charge in [0.15, 0.2) is 0 Å². The summed E-state index contributed by atoms with van der Waals surface area (Å²) >= 11 is 5.39. The number of likely N-dealkylation sites (N-methyl/N-ethyl adjacent to an activating group) is 1. The Labute approximate surface area is 55.7 Å². The summed E-state index contributed by atoms with van der Waals surface area (Å²) in [5.74, 6) is 0. The highest BCUT2D eigenvalue weighted by Gasteiger charge is 1.82. The first-order chi connectivity index (χ1) is 3.81. The topological polar surface area (TPSA) is 12.0 Å². The van der Waals surface area contributed by atoms with E-state index in [2.05, 4.69) is 12.2 Å². The van der Waals surface area contributed by atoms with Crippen LogP contribution in [0.3, 0.4) is 0 Å². The summed E-state index contributed by atoms with van der Waals surface area (Å²) in [6.45, 7) is 5.97. The van der Waals surface area contributed by atoms with Gasteiger partial charge in [0.1, 0.15) is 0 Å². The fraction of sp³-hybridized carbons (Fsp3) is 0.667. The molecule has 0 radical (unpaired) electrons. The van der Waals surface area contributed by atoms with Crippen molar-refractivity contribution in [1.82, 2.24) is 5.32 Å². The average molecular weight is 134 g/mol. The first-order valence-corrected chi connectivity index (χ1v) is 3.21. The van der Waals surface area contributed by atoms with Crippen molar-refractivity contribution < 1.29 is 0 Å². The van der Waals surface area contributed by atoms with E-state index in [4.69, 9.17) is 11.6 Å². The van der Waals surface area contributed by atoms with E-state index in [-0.39, 0.29) is 0 Å². The smallest absolute Gasteiger partial charge is 0.0173 e. The molecule has 2 heteroatoms. The standard InChI is InChI=1S/C6H12ClN/c1-3-8-5-6(2)4-7/h4,8H,3,5H2,1-2H3. The van der Waals surface area contributed by atoms with E-state index in [1.165, 1.54) is 5.57 Å². The fourth-order valence-electron chi connectivity index (χ4n) is 0.361. The van der Waals surface area contributed by atoms with E-state index >= 15 is 0 Å². The minimum absolute atomic E-state index is 0.903. The summed E-state index contributed by atoms with van der Waals surface area (Å²) in [4.78, 5) is 0. The Kier molecular flexibility index (Phi) is 5.13. The molecule has 0 unspecified atom stereocenters. The molecule has 0 bridgehead atoms. The maximum absolute atomic E-state index is 5.39. The molecule has 0 saturated heterocycles. The first kappa shape index (κ1) is 7.99. The van der Waals surface area contributed by atoms with Crippen LogP contribution in [0.1, 0.15) is 13.8 Å². The van der Waals surface area contributed by atoms with Crippen molar-refractivity contribution in [3.05, 3.63) is 11.1 Å². The predicted octanol–water partition coefficient (Wildman–Crippen LogP) is 1.74. The van der Waals surface area contributed by atoms with Gasteiger partial charge in [-0.3, -0.25) is 0 Å². The maximum atomic E-state index is 5.39. The molecule has 8 heavy (non-hydrogen) atoms. The molecule has 0 aliphatic carbocycles. The Morgan fingerprint density at radius 3 is 2.75 bits per heavy atom. The van der Waals surface area contributed by atoms with E-state index in [1.807, 2.05) is 6.92 Å². The third kappa shape index (κ3) is 4.16. The summed E-state index contributed by atoms with van der Waals surface area (Å²) < 4.78 is 0. The van der Waals surface area contributed by atoms with E-state index in [0.717, 1.165) is 13.1 Å². The van der Waals surface area contributed by atoms with Gasteiger partial charge in [-0.15, -0.1) is 0 Å². The van der Waals surface area contributed by atoms with Gasteiger partial charge in [0.25, 0.3) is 0 Å². The zero-order valence-electron chi connectivity index (χ0n) is 5.37. The first-order valence-electron chi connectivity index (χ1n) is 2.77. The molecule has 0 aliphatic heterocycles. The molecule has 0 fully saturated rings. The van der Waals surface area contributed by atoms with Gasteiger partial charge in [0.2, 0.25) is 0 Å². The zero-order valence-corrected chi connectivity index (χ0v) is 6.13. The molecular formula is C6H12ClN. The molecule has 48 valence electrons. The Hall–Kier alpha value is -0.0100. The van der Waals surface area contributed by atoms with Crippen molar-refractivity contribution in [3.63, 3.8) is 0 Å². The molecular weight excluding hydrogens is 122 g/mol. The van der Waals surface area contributed by atoms with Crippen molar-refractivity contribution in [2.45, 2.75) is 13.8 Å². The van der Waals surface area contributed by atoms with Gasteiger partial charge >= 0.3 is 0 Å². The van der Waals surface area contributed by atoms with Gasteiger partial charge in [0, 0.05) is 12.1 Å². The van der Waals surface area contributed by atoms with Crippen LogP contribution in [0.25, 0.3) is 0 Å². The lowest BCUT2D eigenvalue weighted by Crippen LogP contribution is -2.14. The molecule has 1 N–H and O–H groups in total. The molecule has 0 saturated carbocycles. The highest BCUT2D eigenvalue weighted by molar-refractivity contribution is 6.25. The van der Waals surface area contributed by atoms with Gasteiger partial charge in [0.05, 0.1) is 0 Å². The van der Waals surface area contributed by atoms with Crippen LogP contribution in [0.15, 0.2) is 11.1 Å². The molecule has 0 aliphatic rings. The minimum Gasteiger partial charge on any atom is -0.313 e. The van der Waals surface area contributed by atoms with Crippen molar-refractivity contribution in [2.75, 3.05) is 13.1 Å². The van der Waals surface area contributed by atoms with Crippen molar-refractivity contribution in [1.29, 1.82) is 0 Å². The second kappa shape index (κ2) is 5.13. The van der Waals surface area contributed by atoms with Crippen LogP contribution in [0.4, 0.5) is 0 Å². The zero-order chi connectivity index (χ0) is 6.41. The van der Waals surface area contributed by atoms with E-state index in [0.29, 0.717) is 0 Å². The SMILES string of the molecule is CCNCC(C)=CCl. The second-order valence-electron chi connectivity index (χ2n) is 1.74. The molecule has 0 aromatic carbocycles. The molecule has 0 rings (SSSR count). The van der Waals surface area contributed by atoms with Crippen LogP contribution in [0.5, 0.6) is 0 Å². The molecule has 0 spiro atoms. The minimum atomic E-state index is 0.903. The van der Waals surface area contributed by atoms with E-state index in [9.17, 15) is 0 Å². The number of hydrogen-bond donors (Lipinski definition) is 1. The largest absolute Gasteiger partial charge is 0.313 e. The molecule has 1 nitrogen and oxygen atoms in total. The number of nitrogens with one attached hydrogen (secondary N) is 1. The van der Waals surface area contributed by atoms with Gasteiger partial charge in [-0.05, 0) is 19.0 Å². The third-order valence-corrected chi connectivity index (χ3v) is 1.21. The van der Waals surface area contributed by atoms with Crippen LogP contribution in [-0.2, 0) is 0 Å². The second-order valence-corrected chi connectivity index (χ2v) is 1.95. The molecule has 0 aromatic heterocycles. The van der Waals surface area contributed by atoms with Crippen LogP contribution in [0, 0.1) is 0 Å². The van der Waals surface area contributed by atoms with Crippen LogP contribution < -0.4 is 5.32 Å². The molecule has 0 aromatic rings. The summed E-state index contributed by atoms with van der Waals surface area (Å²) in [5.41, 5.74) is 2.77. The summed E-state index contributed by atoms with van der Waals surface area (Å²) in [6, 6.07) is 0. The lowest BCUT2D eigenvalue weighted by Gasteiger charge is -1.97. The Morgan fingerprint density at radius 1 is 1.75 bits per heavy atom. The molecule has 0 heterocycles. The summed E-state index contributed by atoms with van der Waals surface area (Å²) in [7, 11) is 0. The van der Waals surface area contributed by atoms with Crippen molar-refractivity contribution >= 4 is 11.6 Å². The molecule has 0 atom stereocenters. The highest BCUT2D eigenvalue weighted by atomic mass is 35.5. The number of halogens is 1. The van der Waals surface area contributed by atoms with Crippen molar-refractivity contribution in [2.24, 2.45) is 0 Å². The van der Waals surface area contributed by atoms with E-state index in [1.54, 1.807) is 5.54 Å². The van der Waals surface area contributed by atoms with Crippen LogP contribution in [-0.4, -0.2) is 13.1 Å². The third-order valence-electron chi connectivity index (χ3n) is 0.840. The van der Waals surface area contributed by atoms with Gasteiger partial charge in [-0.2, -0.15) is 0 Å². The summed E-state index contributed by atoms with van der Waals surface area (Å²) in [6.07, 6.45) is 0. The van der Waals surface area contributed by atoms with Crippen LogP contribution in [0.2, 0.25) is 0 Å². The lowest BCUT2D eigenvalue weighted by atomic mass is 10.3. The summed E-state index contributed by atoms with van der Waals surface area (Å²) in [5, 5.41) is 3.15. The van der Waals surface area contributed by atoms with Gasteiger partial charge in [-0.25, -0.2) is 0 Å². The monoisotopic (exact) mass is 133 g/mol. The van der Waals surface area contributed by atoms with Crippen LogP contribution >= 0.6 is 11.6 Å². The fourth-order valence-corrected chi connectivity index (χ4v) is 0.438. The normalized spacial score (nSPS) is 12.1. The Bertz CT molecular complexity index is 78.6. The average Bonchev–Trinajstić information content (AvgIpc) is 1.83. The predicted molar refractivity (Wildman–Crippen MR) is 38.2 cm³/mol. The highest BCUT2D eigenvalue weighted by Crippen LogP contribution is 1.90. The Balaban J connectivity index is 3.12.